The Kier molecular flexibility index (Phi) is 3.24. The van der Waals surface area contributed by atoms with Gasteiger partial charge in [0.1, 0.15) is 5.82 Å². The van der Waals surface area contributed by atoms with Crippen molar-refractivity contribution in [2.24, 2.45) is 5.73 Å². The van der Waals surface area contributed by atoms with Crippen molar-refractivity contribution >= 4 is 23.4 Å². The number of halogens is 2. The Bertz CT molecular complexity index is 383. The van der Waals surface area contributed by atoms with Gasteiger partial charge in [0.2, 0.25) is 0 Å². The molecule has 2 N–H and O–H groups in total. The van der Waals surface area contributed by atoms with Crippen LogP contribution in [0.5, 0.6) is 0 Å². The van der Waals surface area contributed by atoms with Gasteiger partial charge in [0, 0.05) is 27.6 Å². The predicted octanol–water partition coefficient (Wildman–Crippen LogP) is 3.50. The van der Waals surface area contributed by atoms with Crippen LogP contribution in [0.4, 0.5) is 4.39 Å². The lowest BCUT2D eigenvalue weighted by molar-refractivity contribution is 0.601. The van der Waals surface area contributed by atoms with Crippen molar-refractivity contribution in [3.8, 4) is 0 Å². The Hall–Kier alpha value is -0.250. The van der Waals surface area contributed by atoms with Gasteiger partial charge in [-0.05, 0) is 24.1 Å². The van der Waals surface area contributed by atoms with E-state index in [0.717, 1.165) is 12.0 Å². The smallest absolute Gasteiger partial charge is 0.127 e. The van der Waals surface area contributed by atoms with E-state index in [0.29, 0.717) is 21.6 Å². The summed E-state index contributed by atoms with van der Waals surface area (Å²) in [6.07, 6.45) is 0.848. The molecule has 0 aliphatic carbocycles. The first-order valence-electron chi connectivity index (χ1n) is 4.93. The van der Waals surface area contributed by atoms with Gasteiger partial charge in [0.25, 0.3) is 0 Å². The maximum absolute atomic E-state index is 13.6. The summed E-state index contributed by atoms with van der Waals surface area (Å²) in [6, 6.07) is 2.87. The van der Waals surface area contributed by atoms with Crippen LogP contribution in [0.3, 0.4) is 0 Å². The summed E-state index contributed by atoms with van der Waals surface area (Å²) in [7, 11) is 0. The first kappa shape index (κ1) is 11.2. The van der Waals surface area contributed by atoms with E-state index in [1.54, 1.807) is 17.8 Å². The fraction of sp³-hybridized carbons (Fsp3) is 0.455. The second-order valence-electron chi connectivity index (χ2n) is 3.89. The van der Waals surface area contributed by atoms with Gasteiger partial charge in [0.15, 0.2) is 0 Å². The van der Waals surface area contributed by atoms with E-state index in [4.69, 9.17) is 17.3 Å². The molecule has 0 aromatic heterocycles. The second-order valence-corrected chi connectivity index (χ2v) is 5.72. The number of nitrogens with two attached hydrogens (primary N) is 1. The zero-order valence-corrected chi connectivity index (χ0v) is 10.0. The number of fused-ring (bicyclic) bond motifs is 1. The van der Waals surface area contributed by atoms with Crippen molar-refractivity contribution in [3.05, 3.63) is 34.1 Å². The van der Waals surface area contributed by atoms with Gasteiger partial charge < -0.3 is 5.73 Å². The molecule has 2 unspecified atom stereocenters. The second kappa shape index (κ2) is 4.32. The van der Waals surface area contributed by atoms with Crippen molar-refractivity contribution in [2.45, 2.75) is 30.4 Å². The van der Waals surface area contributed by atoms with Crippen LogP contribution in [0, 0.1) is 5.82 Å². The molecule has 0 bridgehead atoms. The van der Waals surface area contributed by atoms with E-state index in [2.05, 4.69) is 6.92 Å². The highest BCUT2D eigenvalue weighted by Gasteiger charge is 2.24. The fourth-order valence-electron chi connectivity index (χ4n) is 1.93. The zero-order valence-electron chi connectivity index (χ0n) is 8.47. The summed E-state index contributed by atoms with van der Waals surface area (Å²) in [5, 5.41) is 1.04. The van der Waals surface area contributed by atoms with Crippen molar-refractivity contribution in [3.63, 3.8) is 0 Å². The molecular weight excluding hydrogens is 233 g/mol. The summed E-state index contributed by atoms with van der Waals surface area (Å²) >= 11 is 7.80. The minimum atomic E-state index is -0.188. The molecular formula is C11H13ClFNS. The summed E-state index contributed by atoms with van der Waals surface area (Å²) in [5.41, 5.74) is 7.53. The Morgan fingerprint density at radius 3 is 3.00 bits per heavy atom. The topological polar surface area (TPSA) is 26.0 Å². The monoisotopic (exact) mass is 245 g/mol. The summed E-state index contributed by atoms with van der Waals surface area (Å²) in [5.74, 6) is 0.475. The van der Waals surface area contributed by atoms with Crippen LogP contribution < -0.4 is 5.73 Å². The fourth-order valence-corrected chi connectivity index (χ4v) is 3.33. The van der Waals surface area contributed by atoms with Gasteiger partial charge >= 0.3 is 0 Å². The molecule has 0 spiro atoms. The maximum Gasteiger partial charge on any atom is 0.127 e. The maximum atomic E-state index is 13.6. The van der Waals surface area contributed by atoms with E-state index in [-0.39, 0.29) is 11.9 Å². The third-order valence-corrected chi connectivity index (χ3v) is 4.26. The molecule has 1 heterocycles. The van der Waals surface area contributed by atoms with Gasteiger partial charge in [-0.25, -0.2) is 4.39 Å². The third-order valence-electron chi connectivity index (χ3n) is 2.72. The number of hydrogen-bond donors (Lipinski definition) is 1. The molecule has 2 atom stereocenters. The third kappa shape index (κ3) is 2.14. The summed E-state index contributed by atoms with van der Waals surface area (Å²) in [4.78, 5) is 0. The highest BCUT2D eigenvalue weighted by atomic mass is 35.5. The number of benzene rings is 1. The summed E-state index contributed by atoms with van der Waals surface area (Å²) in [6.45, 7) is 2.11. The standard InChI is InChI=1S/C11H13ClFNS/c1-6-4-10(14)11-7(5-15-6)9(13)3-2-8(11)12/h2-3,6,10H,4-5,14H2,1H3. The molecule has 2 rings (SSSR count). The molecule has 1 aliphatic heterocycles. The predicted molar refractivity (Wildman–Crippen MR) is 63.7 cm³/mol. The summed E-state index contributed by atoms with van der Waals surface area (Å²) < 4.78 is 13.6. The molecule has 4 heteroatoms. The molecule has 0 amide bonds. The Morgan fingerprint density at radius 2 is 2.27 bits per heavy atom. The quantitative estimate of drug-likeness (QED) is 0.757. The lowest BCUT2D eigenvalue weighted by Crippen LogP contribution is -2.15. The van der Waals surface area contributed by atoms with Gasteiger partial charge in [-0.1, -0.05) is 18.5 Å². The Labute approximate surface area is 98.2 Å². The van der Waals surface area contributed by atoms with E-state index in [1.807, 2.05) is 0 Å². The highest BCUT2D eigenvalue weighted by molar-refractivity contribution is 7.99. The van der Waals surface area contributed by atoms with E-state index in [9.17, 15) is 4.39 Å². The van der Waals surface area contributed by atoms with Gasteiger partial charge in [-0.15, -0.1) is 0 Å². The van der Waals surface area contributed by atoms with Crippen LogP contribution >= 0.6 is 23.4 Å². The van der Waals surface area contributed by atoms with Gasteiger partial charge in [-0.2, -0.15) is 11.8 Å². The Morgan fingerprint density at radius 1 is 1.53 bits per heavy atom. The average Bonchev–Trinajstić information content (AvgIpc) is 2.32. The lowest BCUT2D eigenvalue weighted by Gasteiger charge is -2.15. The van der Waals surface area contributed by atoms with Crippen molar-refractivity contribution in [1.82, 2.24) is 0 Å². The van der Waals surface area contributed by atoms with Crippen molar-refractivity contribution in [1.29, 1.82) is 0 Å². The number of thioether (sulfide) groups is 1. The van der Waals surface area contributed by atoms with E-state index in [1.165, 1.54) is 6.07 Å². The van der Waals surface area contributed by atoms with Crippen LogP contribution in [-0.2, 0) is 5.75 Å². The molecule has 1 aromatic rings. The SMILES string of the molecule is CC1CC(N)c2c(Cl)ccc(F)c2CS1. The molecule has 0 fully saturated rings. The van der Waals surface area contributed by atoms with Crippen LogP contribution in [-0.4, -0.2) is 5.25 Å². The van der Waals surface area contributed by atoms with E-state index >= 15 is 0 Å². The molecule has 1 aliphatic rings. The largest absolute Gasteiger partial charge is 0.324 e. The molecule has 82 valence electrons. The normalized spacial score (nSPS) is 25.9. The minimum Gasteiger partial charge on any atom is -0.324 e. The molecule has 0 saturated carbocycles. The number of hydrogen-bond acceptors (Lipinski definition) is 2. The molecule has 0 saturated heterocycles. The van der Waals surface area contributed by atoms with Crippen LogP contribution in [0.2, 0.25) is 5.02 Å². The van der Waals surface area contributed by atoms with Crippen LogP contribution in [0.25, 0.3) is 0 Å². The minimum absolute atomic E-state index is 0.145. The highest BCUT2D eigenvalue weighted by Crippen LogP contribution is 2.38. The van der Waals surface area contributed by atoms with Crippen LogP contribution in [0.1, 0.15) is 30.5 Å². The first-order valence-corrected chi connectivity index (χ1v) is 6.36. The molecule has 1 nitrogen and oxygen atoms in total. The average molecular weight is 246 g/mol. The van der Waals surface area contributed by atoms with Crippen molar-refractivity contribution < 1.29 is 4.39 Å². The lowest BCUT2D eigenvalue weighted by atomic mass is 9.98. The van der Waals surface area contributed by atoms with Gasteiger partial charge in [0.05, 0.1) is 0 Å². The zero-order chi connectivity index (χ0) is 11.0. The van der Waals surface area contributed by atoms with Crippen molar-refractivity contribution in [2.75, 3.05) is 0 Å². The number of rotatable bonds is 0. The van der Waals surface area contributed by atoms with E-state index < -0.39 is 0 Å². The van der Waals surface area contributed by atoms with Crippen LogP contribution in [0.15, 0.2) is 12.1 Å². The first-order chi connectivity index (χ1) is 7.09. The molecule has 0 radical (unpaired) electrons. The molecule has 1 aromatic carbocycles. The van der Waals surface area contributed by atoms with Gasteiger partial charge in [-0.3, -0.25) is 0 Å². The Balaban J connectivity index is 2.52. The molecule has 15 heavy (non-hydrogen) atoms.